The first-order valence-electron chi connectivity index (χ1n) is 11.8. The summed E-state index contributed by atoms with van der Waals surface area (Å²) >= 11 is 1.62. The highest BCUT2D eigenvalue weighted by atomic mass is 32.2. The van der Waals surface area contributed by atoms with Gasteiger partial charge in [0.05, 0.1) is 0 Å². The summed E-state index contributed by atoms with van der Waals surface area (Å²) in [5.41, 5.74) is 4.04. The summed E-state index contributed by atoms with van der Waals surface area (Å²) < 4.78 is 0. The smallest absolute Gasteiger partial charge is 0.187 e. The van der Waals surface area contributed by atoms with Crippen LogP contribution in [0.15, 0.2) is 133 Å². The molecule has 0 saturated carbocycles. The monoisotopic (exact) mass is 489 g/mol. The Morgan fingerprint density at radius 2 is 0.972 bits per heavy atom. The molecule has 0 unspecified atom stereocenters. The molecule has 1 N–H and O–H groups in total. The lowest BCUT2D eigenvalue weighted by atomic mass is 10.1. The molecule has 4 heteroatoms. The molecule has 0 amide bonds. The van der Waals surface area contributed by atoms with Crippen molar-refractivity contribution in [2.75, 3.05) is 12.3 Å². The van der Waals surface area contributed by atoms with Crippen LogP contribution < -0.4 is 5.32 Å². The number of hydrogen-bond acceptors (Lipinski definition) is 4. The van der Waals surface area contributed by atoms with Crippen molar-refractivity contribution in [2.45, 2.75) is 0 Å². The van der Waals surface area contributed by atoms with Gasteiger partial charge in [-0.25, -0.2) is 0 Å². The van der Waals surface area contributed by atoms with Crippen LogP contribution >= 0.6 is 11.8 Å². The quantitative estimate of drug-likeness (QED) is 0.138. The molecular formula is C32H27NO2S. The standard InChI is InChI=1S/C32H27NO2S/c34-30(26-15-7-2-8-16-26)23-29(25-13-5-1-6-14-25)33-21-22-36-32(28-19-11-4-12-20-28)24-31(35)27-17-9-3-10-18-27/h1-20,23-24,33H,21-22H2/b29-23+,32-24+. The van der Waals surface area contributed by atoms with Crippen molar-refractivity contribution in [1.82, 2.24) is 5.32 Å². The van der Waals surface area contributed by atoms with E-state index in [0.29, 0.717) is 23.4 Å². The molecular weight excluding hydrogens is 462 g/mol. The normalized spacial score (nSPS) is 11.7. The van der Waals surface area contributed by atoms with Gasteiger partial charge < -0.3 is 5.32 Å². The lowest BCUT2D eigenvalue weighted by molar-refractivity contribution is 0.103. The van der Waals surface area contributed by atoms with Crippen molar-refractivity contribution in [1.29, 1.82) is 0 Å². The minimum atomic E-state index is -0.0482. The summed E-state index contributed by atoms with van der Waals surface area (Å²) in [5, 5.41) is 3.44. The zero-order valence-corrected chi connectivity index (χ0v) is 20.7. The van der Waals surface area contributed by atoms with Gasteiger partial charge in [0, 0.05) is 46.2 Å². The number of ketones is 2. The third kappa shape index (κ3) is 7.17. The van der Waals surface area contributed by atoms with E-state index in [2.05, 4.69) is 5.32 Å². The lowest BCUT2D eigenvalue weighted by Crippen LogP contribution is -2.17. The molecule has 3 nitrogen and oxygen atoms in total. The van der Waals surface area contributed by atoms with E-state index >= 15 is 0 Å². The highest BCUT2D eigenvalue weighted by Crippen LogP contribution is 2.28. The molecule has 0 atom stereocenters. The van der Waals surface area contributed by atoms with Gasteiger partial charge in [-0.3, -0.25) is 9.59 Å². The Morgan fingerprint density at radius 1 is 0.556 bits per heavy atom. The van der Waals surface area contributed by atoms with E-state index in [-0.39, 0.29) is 11.6 Å². The Balaban J connectivity index is 1.48. The molecule has 4 aromatic carbocycles. The Morgan fingerprint density at radius 3 is 1.47 bits per heavy atom. The zero-order valence-electron chi connectivity index (χ0n) is 19.8. The van der Waals surface area contributed by atoms with Gasteiger partial charge in [0.25, 0.3) is 0 Å². The largest absolute Gasteiger partial charge is 0.384 e. The van der Waals surface area contributed by atoms with Crippen molar-refractivity contribution >= 4 is 33.9 Å². The highest BCUT2D eigenvalue weighted by molar-refractivity contribution is 8.08. The van der Waals surface area contributed by atoms with Crippen LogP contribution in [0.4, 0.5) is 0 Å². The Hall–Kier alpha value is -4.15. The second-order valence-electron chi connectivity index (χ2n) is 8.03. The average molecular weight is 490 g/mol. The van der Waals surface area contributed by atoms with E-state index in [1.807, 2.05) is 121 Å². The van der Waals surface area contributed by atoms with Gasteiger partial charge in [-0.1, -0.05) is 121 Å². The van der Waals surface area contributed by atoms with Gasteiger partial charge in [-0.05, 0) is 11.1 Å². The zero-order chi connectivity index (χ0) is 25.0. The third-order valence-electron chi connectivity index (χ3n) is 5.47. The minimum Gasteiger partial charge on any atom is -0.384 e. The SMILES string of the molecule is O=C(/C=C(/NCCS/C(=C/C(=O)c1ccccc1)c1ccccc1)c1ccccc1)c1ccccc1. The van der Waals surface area contributed by atoms with Gasteiger partial charge >= 0.3 is 0 Å². The fourth-order valence-corrected chi connectivity index (χ4v) is 4.55. The first-order chi connectivity index (χ1) is 17.7. The molecule has 0 heterocycles. The lowest BCUT2D eigenvalue weighted by Gasteiger charge is -2.13. The van der Waals surface area contributed by atoms with Crippen molar-refractivity contribution in [3.63, 3.8) is 0 Å². The maximum absolute atomic E-state index is 12.9. The van der Waals surface area contributed by atoms with E-state index in [1.54, 1.807) is 23.9 Å². The van der Waals surface area contributed by atoms with E-state index in [1.165, 1.54) is 0 Å². The van der Waals surface area contributed by atoms with Crippen LogP contribution in [-0.2, 0) is 0 Å². The summed E-state index contributed by atoms with van der Waals surface area (Å²) in [7, 11) is 0. The minimum absolute atomic E-state index is 0.0201. The molecule has 0 fully saturated rings. The van der Waals surface area contributed by atoms with Crippen LogP contribution in [0.2, 0.25) is 0 Å². The van der Waals surface area contributed by atoms with E-state index < -0.39 is 0 Å². The van der Waals surface area contributed by atoms with Crippen LogP contribution in [0.3, 0.4) is 0 Å². The summed E-state index contributed by atoms with van der Waals surface area (Å²) in [6, 6.07) is 38.3. The molecule has 178 valence electrons. The van der Waals surface area contributed by atoms with Gasteiger partial charge in [0.1, 0.15) is 0 Å². The van der Waals surface area contributed by atoms with Crippen molar-refractivity contribution in [3.05, 3.63) is 156 Å². The molecule has 0 aromatic heterocycles. The van der Waals surface area contributed by atoms with Gasteiger partial charge in [-0.2, -0.15) is 0 Å². The van der Waals surface area contributed by atoms with Gasteiger partial charge in [-0.15, -0.1) is 11.8 Å². The first-order valence-corrected chi connectivity index (χ1v) is 12.8. The van der Waals surface area contributed by atoms with Gasteiger partial charge in [0.15, 0.2) is 11.6 Å². The predicted molar refractivity (Wildman–Crippen MR) is 151 cm³/mol. The van der Waals surface area contributed by atoms with E-state index in [0.717, 1.165) is 21.7 Å². The Labute approximate surface area is 216 Å². The third-order valence-corrected chi connectivity index (χ3v) is 6.55. The van der Waals surface area contributed by atoms with E-state index in [4.69, 9.17) is 0 Å². The number of thioether (sulfide) groups is 1. The molecule has 4 aromatic rings. The maximum atomic E-state index is 12.9. The number of hydrogen-bond donors (Lipinski definition) is 1. The molecule has 36 heavy (non-hydrogen) atoms. The summed E-state index contributed by atoms with van der Waals surface area (Å²) in [6.07, 6.45) is 3.37. The maximum Gasteiger partial charge on any atom is 0.187 e. The van der Waals surface area contributed by atoms with Crippen LogP contribution in [-0.4, -0.2) is 23.9 Å². The number of allylic oxidation sites excluding steroid dienone is 2. The number of rotatable bonds is 11. The predicted octanol–water partition coefficient (Wildman–Crippen LogP) is 7.16. The molecule has 4 rings (SSSR count). The number of carbonyl (C=O) groups excluding carboxylic acids is 2. The van der Waals surface area contributed by atoms with Crippen molar-refractivity contribution in [3.8, 4) is 0 Å². The number of nitrogens with one attached hydrogen (secondary N) is 1. The number of carbonyl (C=O) groups is 2. The van der Waals surface area contributed by atoms with Crippen LogP contribution in [0.5, 0.6) is 0 Å². The Bertz CT molecular complexity index is 1230. The molecule has 0 saturated heterocycles. The molecule has 0 aliphatic heterocycles. The second-order valence-corrected chi connectivity index (χ2v) is 9.17. The van der Waals surface area contributed by atoms with E-state index in [9.17, 15) is 9.59 Å². The molecule has 0 bridgehead atoms. The average Bonchev–Trinajstić information content (AvgIpc) is 2.95. The van der Waals surface area contributed by atoms with Crippen LogP contribution in [0, 0.1) is 0 Å². The molecule has 0 aliphatic carbocycles. The topological polar surface area (TPSA) is 46.2 Å². The van der Waals surface area contributed by atoms with Crippen LogP contribution in [0.1, 0.15) is 31.8 Å². The van der Waals surface area contributed by atoms with Crippen LogP contribution in [0.25, 0.3) is 10.6 Å². The molecule has 0 radical (unpaired) electrons. The van der Waals surface area contributed by atoms with Crippen molar-refractivity contribution < 1.29 is 9.59 Å². The Kier molecular flexibility index (Phi) is 9.07. The fourth-order valence-electron chi connectivity index (χ4n) is 3.63. The highest BCUT2D eigenvalue weighted by Gasteiger charge is 2.10. The summed E-state index contributed by atoms with van der Waals surface area (Å²) in [4.78, 5) is 26.6. The fraction of sp³-hybridized carbons (Fsp3) is 0.0625. The van der Waals surface area contributed by atoms with Gasteiger partial charge in [0.2, 0.25) is 0 Å². The summed E-state index contributed by atoms with van der Waals surface area (Å²) in [6.45, 7) is 0.622. The first kappa shape index (κ1) is 25.0. The molecule has 0 spiro atoms. The number of benzene rings is 4. The second kappa shape index (κ2) is 13.1. The summed E-state index contributed by atoms with van der Waals surface area (Å²) in [5.74, 6) is 0.646. The van der Waals surface area contributed by atoms with Crippen molar-refractivity contribution in [2.24, 2.45) is 0 Å². The molecule has 0 aliphatic rings.